The van der Waals surface area contributed by atoms with E-state index in [1.165, 1.54) is 0 Å². The molecule has 0 amide bonds. The lowest BCUT2D eigenvalue weighted by Crippen LogP contribution is -2.18. The van der Waals surface area contributed by atoms with Crippen LogP contribution in [0.4, 0.5) is 0 Å². The van der Waals surface area contributed by atoms with Gasteiger partial charge < -0.3 is 29.8 Å². The van der Waals surface area contributed by atoms with Gasteiger partial charge in [0.2, 0.25) is 0 Å². The number of hydrogen-bond donors (Lipinski definition) is 2. The Morgan fingerprint density at radius 1 is 1.05 bits per heavy atom. The summed E-state index contributed by atoms with van der Waals surface area (Å²) in [6.07, 6.45) is 0.239. The third-order valence-electron chi connectivity index (χ3n) is 2.92. The minimum atomic E-state index is -0.323. The molecule has 3 N–H and O–H groups in total. The van der Waals surface area contributed by atoms with Crippen molar-refractivity contribution in [2.45, 2.75) is 12.5 Å². The first-order valence-electron chi connectivity index (χ1n) is 6.44. The fourth-order valence-electron chi connectivity index (χ4n) is 1.88. The van der Waals surface area contributed by atoms with E-state index in [2.05, 4.69) is 0 Å². The van der Waals surface area contributed by atoms with Crippen molar-refractivity contribution in [2.75, 3.05) is 41.1 Å². The lowest BCUT2D eigenvalue weighted by atomic mass is 10.1. The molecule has 0 aliphatic heterocycles. The Bertz CT molecular complexity index is 411. The third kappa shape index (κ3) is 4.00. The number of aliphatic hydroxyl groups excluding tert-OH is 1. The smallest absolute Gasteiger partial charge is 0.164 e. The highest BCUT2D eigenvalue weighted by Crippen LogP contribution is 2.38. The van der Waals surface area contributed by atoms with Gasteiger partial charge in [0.1, 0.15) is 5.75 Å². The summed E-state index contributed by atoms with van der Waals surface area (Å²) in [5.41, 5.74) is 6.55. The molecule has 20 heavy (non-hydrogen) atoms. The lowest BCUT2D eigenvalue weighted by Gasteiger charge is -2.21. The number of nitrogens with two attached hydrogens (primary N) is 1. The molecule has 0 fully saturated rings. The van der Waals surface area contributed by atoms with Crippen LogP contribution in [0.1, 0.15) is 18.1 Å². The Morgan fingerprint density at radius 2 is 1.65 bits per heavy atom. The second-order valence-electron chi connectivity index (χ2n) is 4.12. The Hall–Kier alpha value is -1.50. The fraction of sp³-hybridized carbons (Fsp3) is 0.571. The molecule has 1 unspecified atom stereocenters. The van der Waals surface area contributed by atoms with Gasteiger partial charge in [0, 0.05) is 31.4 Å². The van der Waals surface area contributed by atoms with Gasteiger partial charge >= 0.3 is 0 Å². The molecule has 0 spiro atoms. The number of methoxy groups -OCH3 is 3. The Kier molecular flexibility index (Phi) is 7.14. The van der Waals surface area contributed by atoms with Gasteiger partial charge in [0.25, 0.3) is 0 Å². The maximum absolute atomic E-state index is 8.80. The first-order valence-corrected chi connectivity index (χ1v) is 6.44. The van der Waals surface area contributed by atoms with E-state index in [0.717, 1.165) is 5.56 Å². The molecule has 1 rings (SSSR count). The van der Waals surface area contributed by atoms with Crippen LogP contribution in [0.15, 0.2) is 12.1 Å². The SMILES string of the molecule is COc1cc(OC)c(C(CN)OCCCO)cc1OC. The van der Waals surface area contributed by atoms with E-state index < -0.39 is 0 Å². The monoisotopic (exact) mass is 285 g/mol. The molecule has 0 saturated heterocycles. The molecule has 0 aromatic heterocycles. The lowest BCUT2D eigenvalue weighted by molar-refractivity contribution is 0.0472. The van der Waals surface area contributed by atoms with Crippen LogP contribution >= 0.6 is 0 Å². The van der Waals surface area contributed by atoms with Crippen molar-refractivity contribution >= 4 is 0 Å². The van der Waals surface area contributed by atoms with Crippen LogP contribution < -0.4 is 19.9 Å². The van der Waals surface area contributed by atoms with Crippen molar-refractivity contribution in [3.63, 3.8) is 0 Å². The highest BCUT2D eigenvalue weighted by Gasteiger charge is 2.19. The highest BCUT2D eigenvalue weighted by molar-refractivity contribution is 5.51. The van der Waals surface area contributed by atoms with E-state index in [0.29, 0.717) is 36.8 Å². The summed E-state index contributed by atoms with van der Waals surface area (Å²) >= 11 is 0. The van der Waals surface area contributed by atoms with Crippen molar-refractivity contribution in [3.8, 4) is 17.2 Å². The van der Waals surface area contributed by atoms with Crippen LogP contribution in [0.25, 0.3) is 0 Å². The molecule has 0 saturated carbocycles. The quantitative estimate of drug-likeness (QED) is 0.661. The van der Waals surface area contributed by atoms with E-state index in [9.17, 15) is 0 Å². The van der Waals surface area contributed by atoms with Crippen LogP contribution in [0.2, 0.25) is 0 Å². The number of ether oxygens (including phenoxy) is 4. The molecule has 0 heterocycles. The minimum Gasteiger partial charge on any atom is -0.496 e. The van der Waals surface area contributed by atoms with E-state index >= 15 is 0 Å². The molecule has 0 aliphatic rings. The van der Waals surface area contributed by atoms with Crippen molar-refractivity contribution in [1.82, 2.24) is 0 Å². The zero-order valence-electron chi connectivity index (χ0n) is 12.2. The van der Waals surface area contributed by atoms with E-state index in [1.54, 1.807) is 33.5 Å². The highest BCUT2D eigenvalue weighted by atomic mass is 16.5. The van der Waals surface area contributed by atoms with Gasteiger partial charge in [-0.2, -0.15) is 0 Å². The molecule has 1 atom stereocenters. The summed E-state index contributed by atoms with van der Waals surface area (Å²) in [5.74, 6) is 1.80. The standard InChI is InChI=1S/C14H23NO5/c1-17-11-8-13(19-3)12(18-2)7-10(11)14(9-15)20-6-4-5-16/h7-8,14,16H,4-6,9,15H2,1-3H3. The molecule has 114 valence electrons. The Labute approximate surface area is 119 Å². The molecule has 0 aliphatic carbocycles. The maximum atomic E-state index is 8.80. The topological polar surface area (TPSA) is 83.2 Å². The summed E-state index contributed by atoms with van der Waals surface area (Å²) in [7, 11) is 4.71. The second-order valence-corrected chi connectivity index (χ2v) is 4.12. The van der Waals surface area contributed by atoms with Crippen LogP contribution in [-0.2, 0) is 4.74 Å². The Morgan fingerprint density at radius 3 is 2.15 bits per heavy atom. The van der Waals surface area contributed by atoms with Crippen molar-refractivity contribution in [2.24, 2.45) is 5.73 Å². The summed E-state index contributed by atoms with van der Waals surface area (Å²) in [6, 6.07) is 3.54. The fourth-order valence-corrected chi connectivity index (χ4v) is 1.88. The zero-order chi connectivity index (χ0) is 15.0. The van der Waals surface area contributed by atoms with Crippen molar-refractivity contribution in [3.05, 3.63) is 17.7 Å². The van der Waals surface area contributed by atoms with E-state index in [1.807, 2.05) is 0 Å². The summed E-state index contributed by atoms with van der Waals surface area (Å²) in [5, 5.41) is 8.80. The van der Waals surface area contributed by atoms with Gasteiger partial charge in [0.15, 0.2) is 11.5 Å². The molecular weight excluding hydrogens is 262 g/mol. The number of rotatable bonds is 9. The van der Waals surface area contributed by atoms with E-state index in [4.69, 9.17) is 29.8 Å². The first kappa shape index (κ1) is 16.6. The molecular formula is C14H23NO5. The molecule has 1 aromatic rings. The predicted molar refractivity (Wildman–Crippen MR) is 75.5 cm³/mol. The van der Waals surface area contributed by atoms with E-state index in [-0.39, 0.29) is 12.7 Å². The van der Waals surface area contributed by atoms with Crippen LogP contribution in [0.3, 0.4) is 0 Å². The minimum absolute atomic E-state index is 0.0837. The summed E-state index contributed by atoms with van der Waals surface area (Å²) < 4.78 is 21.5. The number of benzene rings is 1. The predicted octanol–water partition coefficient (Wildman–Crippen LogP) is 1.11. The van der Waals surface area contributed by atoms with Gasteiger partial charge in [-0.3, -0.25) is 0 Å². The second kappa shape index (κ2) is 8.63. The Balaban J connectivity index is 3.05. The van der Waals surface area contributed by atoms with Crippen molar-refractivity contribution < 1.29 is 24.1 Å². The maximum Gasteiger partial charge on any atom is 0.164 e. The van der Waals surface area contributed by atoms with Gasteiger partial charge in [-0.1, -0.05) is 0 Å². The molecule has 0 radical (unpaired) electrons. The van der Waals surface area contributed by atoms with Gasteiger partial charge in [-0.05, 0) is 12.5 Å². The van der Waals surface area contributed by atoms with Gasteiger partial charge in [-0.25, -0.2) is 0 Å². The van der Waals surface area contributed by atoms with Crippen LogP contribution in [0, 0.1) is 0 Å². The normalized spacial score (nSPS) is 12.1. The third-order valence-corrected chi connectivity index (χ3v) is 2.92. The average Bonchev–Trinajstić information content (AvgIpc) is 2.50. The molecule has 0 bridgehead atoms. The molecule has 1 aromatic carbocycles. The molecule has 6 nitrogen and oxygen atoms in total. The first-order chi connectivity index (χ1) is 9.71. The van der Waals surface area contributed by atoms with Gasteiger partial charge in [0.05, 0.1) is 27.4 Å². The van der Waals surface area contributed by atoms with Crippen LogP contribution in [-0.4, -0.2) is 46.2 Å². The summed E-state index contributed by atoms with van der Waals surface area (Å²) in [4.78, 5) is 0. The summed E-state index contributed by atoms with van der Waals surface area (Å²) in [6.45, 7) is 0.813. The largest absolute Gasteiger partial charge is 0.496 e. The zero-order valence-corrected chi connectivity index (χ0v) is 12.2. The van der Waals surface area contributed by atoms with Crippen LogP contribution in [0.5, 0.6) is 17.2 Å². The number of aliphatic hydroxyl groups is 1. The molecule has 6 heteroatoms. The van der Waals surface area contributed by atoms with Crippen molar-refractivity contribution in [1.29, 1.82) is 0 Å². The average molecular weight is 285 g/mol. The van der Waals surface area contributed by atoms with Gasteiger partial charge in [-0.15, -0.1) is 0 Å². The number of hydrogen-bond acceptors (Lipinski definition) is 6.